The molecule has 13 heteroatoms. The molecule has 1 aromatic heterocycles. The first-order valence-corrected chi connectivity index (χ1v) is 19.3. The van der Waals surface area contributed by atoms with Gasteiger partial charge in [0.15, 0.2) is 0 Å². The van der Waals surface area contributed by atoms with Crippen molar-refractivity contribution < 1.29 is 29.6 Å². The predicted molar refractivity (Wildman–Crippen MR) is 218 cm³/mol. The zero-order chi connectivity index (χ0) is 39.4. The average Bonchev–Trinajstić information content (AvgIpc) is 3.20. The number of carboxylic acid groups (broad SMARTS) is 1. The smallest absolute Gasteiger partial charge is 0.412 e. The highest BCUT2D eigenvalue weighted by atomic mass is 35.5. The van der Waals surface area contributed by atoms with Gasteiger partial charge in [-0.15, -0.1) is 0 Å². The SMILES string of the molecule is COc1cc(NC(=O)CCCc2ccc(-c3ccccc3)c(N(C(=O)O)C34CCN(CC3)CC4)c2)c(Cl)cc1CNC[C@H](O)c1ccc(O)c2[nH]c(=O)ccc12. The van der Waals surface area contributed by atoms with Crippen LogP contribution in [-0.4, -0.2) is 76.0 Å². The summed E-state index contributed by atoms with van der Waals surface area (Å²) in [6.07, 6.45) is 1.85. The van der Waals surface area contributed by atoms with Crippen LogP contribution in [0.1, 0.15) is 54.9 Å². The highest BCUT2D eigenvalue weighted by Gasteiger charge is 2.47. The summed E-state index contributed by atoms with van der Waals surface area (Å²) in [7, 11) is 1.52. The van der Waals surface area contributed by atoms with Crippen LogP contribution in [0.3, 0.4) is 0 Å². The number of piperidine rings is 3. The van der Waals surface area contributed by atoms with E-state index in [0.29, 0.717) is 58.0 Å². The first kappa shape index (κ1) is 38.9. The van der Waals surface area contributed by atoms with Crippen molar-refractivity contribution in [3.05, 3.63) is 117 Å². The predicted octanol–water partition coefficient (Wildman–Crippen LogP) is 7.07. The Morgan fingerprint density at radius 3 is 2.46 bits per heavy atom. The number of phenols is 1. The van der Waals surface area contributed by atoms with Crippen molar-refractivity contribution in [3.63, 3.8) is 0 Å². The number of carbonyl (C=O) groups excluding carboxylic acids is 1. The zero-order valence-electron chi connectivity index (χ0n) is 31.2. The molecule has 8 rings (SSSR count). The van der Waals surface area contributed by atoms with Gasteiger partial charge in [0.2, 0.25) is 11.5 Å². The number of rotatable bonds is 14. The van der Waals surface area contributed by atoms with Crippen LogP contribution < -0.4 is 25.8 Å². The van der Waals surface area contributed by atoms with Crippen LogP contribution in [0.4, 0.5) is 16.2 Å². The minimum absolute atomic E-state index is 0.0837. The van der Waals surface area contributed by atoms with Crippen molar-refractivity contribution in [1.82, 2.24) is 15.2 Å². The van der Waals surface area contributed by atoms with Gasteiger partial charge in [0.05, 0.1) is 40.7 Å². The molecule has 292 valence electrons. The lowest BCUT2D eigenvalue weighted by molar-refractivity contribution is -0.116. The highest BCUT2D eigenvalue weighted by Crippen LogP contribution is 2.44. The number of fused-ring (bicyclic) bond motifs is 4. The number of aromatic nitrogens is 1. The molecule has 12 nitrogen and oxygen atoms in total. The van der Waals surface area contributed by atoms with Gasteiger partial charge in [-0.2, -0.15) is 0 Å². The topological polar surface area (TPSA) is 167 Å². The van der Waals surface area contributed by atoms with Crippen molar-refractivity contribution in [1.29, 1.82) is 0 Å². The Balaban J connectivity index is 0.989. The van der Waals surface area contributed by atoms with Gasteiger partial charge in [0.1, 0.15) is 11.5 Å². The number of aromatic hydroxyl groups is 1. The second-order valence-corrected chi connectivity index (χ2v) is 15.0. The first-order valence-electron chi connectivity index (χ1n) is 18.9. The van der Waals surface area contributed by atoms with Crippen LogP contribution >= 0.6 is 11.6 Å². The standard InChI is InChI=1S/C43H46ClN5O7/c1-56-38-24-34(33(44)23-29(38)25-45-26-37(51)31-12-14-36(50)41-32(31)13-15-40(53)47-41)46-39(52)9-5-6-27-10-11-30(28-7-3-2-4-8-28)35(22-27)49(42(54)55)43-16-19-48(20-17-43)21-18-43/h2-4,7-8,10-15,22-24,37,45,50-51H,5-6,9,16-21,25-26H2,1H3,(H,46,52)(H,47,53)(H,54,55)/t37-/m0/s1. The molecule has 0 radical (unpaired) electrons. The number of phenolic OH excluding ortho intramolecular Hbond substituents is 1. The third-order valence-corrected chi connectivity index (χ3v) is 11.5. The Morgan fingerprint density at radius 1 is 1.00 bits per heavy atom. The summed E-state index contributed by atoms with van der Waals surface area (Å²) in [6, 6.07) is 25.2. The van der Waals surface area contributed by atoms with Crippen molar-refractivity contribution in [2.45, 2.75) is 56.7 Å². The number of aliphatic hydroxyl groups is 1. The monoisotopic (exact) mass is 779 g/mol. The third-order valence-electron chi connectivity index (χ3n) is 11.2. The van der Waals surface area contributed by atoms with E-state index < -0.39 is 17.7 Å². The van der Waals surface area contributed by atoms with E-state index >= 15 is 0 Å². The van der Waals surface area contributed by atoms with Crippen molar-refractivity contribution in [2.24, 2.45) is 0 Å². The molecule has 56 heavy (non-hydrogen) atoms. The first-order chi connectivity index (χ1) is 27.0. The van der Waals surface area contributed by atoms with E-state index in [1.165, 1.54) is 19.2 Å². The normalized spacial score (nSPS) is 18.1. The summed E-state index contributed by atoms with van der Waals surface area (Å²) in [6.45, 7) is 3.13. The minimum Gasteiger partial charge on any atom is -0.506 e. The molecule has 2 bridgehead atoms. The molecule has 2 amide bonds. The fraction of sp³-hybridized carbons (Fsp3) is 0.326. The Hall–Kier alpha value is -5.40. The number of carbonyl (C=O) groups is 2. The van der Waals surface area contributed by atoms with Gasteiger partial charge in [-0.1, -0.05) is 60.1 Å². The number of pyridine rings is 1. The van der Waals surface area contributed by atoms with Gasteiger partial charge >= 0.3 is 6.09 Å². The summed E-state index contributed by atoms with van der Waals surface area (Å²) in [4.78, 5) is 44.6. The van der Waals surface area contributed by atoms with E-state index in [0.717, 1.165) is 55.6 Å². The fourth-order valence-corrected chi connectivity index (χ4v) is 8.41. The average molecular weight is 780 g/mol. The maximum Gasteiger partial charge on any atom is 0.412 e. The number of anilines is 2. The van der Waals surface area contributed by atoms with Crippen LogP contribution in [0.15, 0.2) is 89.7 Å². The number of aryl methyl sites for hydroxylation is 1. The molecular formula is C43H46ClN5O7. The van der Waals surface area contributed by atoms with Crippen LogP contribution in [0.2, 0.25) is 5.02 Å². The summed E-state index contributed by atoms with van der Waals surface area (Å²) in [5.41, 5.74) is 4.60. The van der Waals surface area contributed by atoms with Crippen LogP contribution in [0.5, 0.6) is 11.5 Å². The molecule has 0 aliphatic carbocycles. The van der Waals surface area contributed by atoms with Gasteiger partial charge in [-0.3, -0.25) is 14.5 Å². The maximum absolute atomic E-state index is 13.2. The van der Waals surface area contributed by atoms with E-state index in [-0.39, 0.29) is 35.7 Å². The molecule has 3 saturated heterocycles. The van der Waals surface area contributed by atoms with Crippen molar-refractivity contribution >= 4 is 45.9 Å². The number of H-pyrrole nitrogens is 1. The second-order valence-electron chi connectivity index (χ2n) is 14.6. The molecule has 3 aliphatic heterocycles. The summed E-state index contributed by atoms with van der Waals surface area (Å²) in [5, 5.41) is 38.8. The number of hydrogen-bond acceptors (Lipinski definition) is 8. The number of aromatic amines is 1. The van der Waals surface area contributed by atoms with Gasteiger partial charge in [0.25, 0.3) is 0 Å². The van der Waals surface area contributed by atoms with Crippen molar-refractivity contribution in [3.8, 4) is 22.6 Å². The molecule has 0 unspecified atom stereocenters. The van der Waals surface area contributed by atoms with Crippen LogP contribution in [0.25, 0.3) is 22.0 Å². The van der Waals surface area contributed by atoms with Gasteiger partial charge in [-0.25, -0.2) is 4.79 Å². The van der Waals surface area contributed by atoms with E-state index in [1.807, 2.05) is 48.5 Å². The molecule has 3 aliphatic rings. The maximum atomic E-state index is 13.2. The molecule has 3 fully saturated rings. The fourth-order valence-electron chi connectivity index (χ4n) is 8.17. The third kappa shape index (κ3) is 8.24. The zero-order valence-corrected chi connectivity index (χ0v) is 31.9. The van der Waals surface area contributed by atoms with Gasteiger partial charge in [0, 0.05) is 67.8 Å². The van der Waals surface area contributed by atoms with Crippen molar-refractivity contribution in [2.75, 3.05) is 43.5 Å². The number of hydrogen-bond donors (Lipinski definition) is 6. The minimum atomic E-state index is -0.946. The lowest BCUT2D eigenvalue weighted by Gasteiger charge is -2.53. The number of methoxy groups -OCH3 is 1. The molecule has 0 spiro atoms. The lowest BCUT2D eigenvalue weighted by atomic mass is 9.78. The molecule has 4 heterocycles. The number of nitrogens with one attached hydrogen (secondary N) is 3. The Morgan fingerprint density at radius 2 is 1.75 bits per heavy atom. The number of aliphatic hydroxyl groups excluding tert-OH is 1. The number of ether oxygens (including phenoxy) is 1. The Labute approximate surface area is 329 Å². The molecule has 6 N–H and O–H groups in total. The summed E-state index contributed by atoms with van der Waals surface area (Å²) < 4.78 is 5.61. The summed E-state index contributed by atoms with van der Waals surface area (Å²) >= 11 is 6.64. The molecule has 0 saturated carbocycles. The van der Waals surface area contributed by atoms with E-state index in [2.05, 4.69) is 20.5 Å². The van der Waals surface area contributed by atoms with E-state index in [4.69, 9.17) is 16.3 Å². The molecule has 5 aromatic rings. The molecule has 4 aromatic carbocycles. The number of benzene rings is 4. The molecular weight excluding hydrogens is 734 g/mol. The Kier molecular flexibility index (Phi) is 11.6. The largest absolute Gasteiger partial charge is 0.506 e. The van der Waals surface area contributed by atoms with Gasteiger partial charge in [-0.05, 0) is 73.1 Å². The Bertz CT molecular complexity index is 2280. The lowest BCUT2D eigenvalue weighted by Crippen LogP contribution is -2.62. The van der Waals surface area contributed by atoms with Crippen LogP contribution in [-0.2, 0) is 17.8 Å². The second kappa shape index (κ2) is 16.8. The van der Waals surface area contributed by atoms with Gasteiger partial charge < -0.3 is 40.6 Å². The highest BCUT2D eigenvalue weighted by molar-refractivity contribution is 6.33. The molecule has 1 atom stereocenters. The number of nitrogens with zero attached hydrogens (tertiary/aromatic N) is 2. The summed E-state index contributed by atoms with van der Waals surface area (Å²) in [5.74, 6) is 0.197. The van der Waals surface area contributed by atoms with E-state index in [9.17, 15) is 29.7 Å². The quantitative estimate of drug-likeness (QED) is 0.0691. The van der Waals surface area contributed by atoms with Crippen LogP contribution in [0, 0.1) is 0 Å². The number of halogens is 1. The number of amides is 2. The van der Waals surface area contributed by atoms with E-state index in [1.54, 1.807) is 29.2 Å².